The van der Waals surface area contributed by atoms with Crippen LogP contribution in [0, 0.1) is 0 Å². The largest absolute Gasteiger partial charge is 0.474 e. The summed E-state index contributed by atoms with van der Waals surface area (Å²) in [5.74, 6) is 1.63. The van der Waals surface area contributed by atoms with Crippen molar-refractivity contribution < 1.29 is 9.53 Å². The quantitative estimate of drug-likeness (QED) is 0.757. The minimum Gasteiger partial charge on any atom is -0.474 e. The molecule has 0 aliphatic carbocycles. The molecule has 2 fully saturated rings. The number of hydrogen-bond acceptors (Lipinski definition) is 7. The molecule has 2 aliphatic heterocycles. The standard InChI is InChI=1S/C21H28N6O2/c1-17(25-11-6-18(7-12-25)29-19-5-2-3-8-22-19)20(28)26-13-15-27(16-14-26)21-23-9-4-10-24-21/h2-5,8-10,17-18H,6-7,11-16H2,1H3/t17-/m0/s1. The Kier molecular flexibility index (Phi) is 6.19. The van der Waals surface area contributed by atoms with Crippen LogP contribution in [0.2, 0.25) is 0 Å². The van der Waals surface area contributed by atoms with Gasteiger partial charge in [-0.15, -0.1) is 0 Å². The molecule has 0 N–H and O–H groups in total. The second-order valence-corrected chi connectivity index (χ2v) is 7.56. The predicted octanol–water partition coefficient (Wildman–Crippen LogP) is 1.45. The number of amides is 1. The summed E-state index contributed by atoms with van der Waals surface area (Å²) in [4.78, 5) is 32.2. The highest BCUT2D eigenvalue weighted by Crippen LogP contribution is 2.20. The van der Waals surface area contributed by atoms with Crippen LogP contribution in [0.1, 0.15) is 19.8 Å². The first-order chi connectivity index (χ1) is 14.2. The Labute approximate surface area is 171 Å². The van der Waals surface area contributed by atoms with Crippen molar-refractivity contribution in [3.8, 4) is 5.88 Å². The molecular weight excluding hydrogens is 368 g/mol. The van der Waals surface area contributed by atoms with Crippen molar-refractivity contribution in [2.45, 2.75) is 31.9 Å². The molecule has 0 unspecified atom stereocenters. The number of pyridine rings is 1. The van der Waals surface area contributed by atoms with Gasteiger partial charge in [0.15, 0.2) is 0 Å². The molecule has 8 nitrogen and oxygen atoms in total. The monoisotopic (exact) mass is 396 g/mol. The lowest BCUT2D eigenvalue weighted by Gasteiger charge is -2.40. The van der Waals surface area contributed by atoms with Crippen LogP contribution in [0.15, 0.2) is 42.9 Å². The second-order valence-electron chi connectivity index (χ2n) is 7.56. The number of hydrogen-bond donors (Lipinski definition) is 0. The Morgan fingerprint density at radius 1 is 0.966 bits per heavy atom. The zero-order chi connectivity index (χ0) is 20.1. The van der Waals surface area contributed by atoms with Gasteiger partial charge in [0.25, 0.3) is 0 Å². The van der Waals surface area contributed by atoms with E-state index in [9.17, 15) is 4.79 Å². The summed E-state index contributed by atoms with van der Waals surface area (Å²) in [5.41, 5.74) is 0. The summed E-state index contributed by atoms with van der Waals surface area (Å²) >= 11 is 0. The maximum atomic E-state index is 13.0. The van der Waals surface area contributed by atoms with E-state index in [-0.39, 0.29) is 18.1 Å². The third-order valence-corrected chi connectivity index (χ3v) is 5.73. The van der Waals surface area contributed by atoms with Crippen molar-refractivity contribution in [2.75, 3.05) is 44.2 Å². The number of carbonyl (C=O) groups is 1. The minimum absolute atomic E-state index is 0.106. The van der Waals surface area contributed by atoms with Crippen molar-refractivity contribution in [2.24, 2.45) is 0 Å². The van der Waals surface area contributed by atoms with Crippen molar-refractivity contribution >= 4 is 11.9 Å². The fourth-order valence-electron chi connectivity index (χ4n) is 3.97. The summed E-state index contributed by atoms with van der Waals surface area (Å²) in [6.07, 6.45) is 7.24. The number of nitrogens with zero attached hydrogens (tertiary/aromatic N) is 6. The highest BCUT2D eigenvalue weighted by molar-refractivity contribution is 5.81. The Bertz CT molecular complexity index is 774. The molecule has 0 radical (unpaired) electrons. The van der Waals surface area contributed by atoms with E-state index in [4.69, 9.17) is 4.74 Å². The van der Waals surface area contributed by atoms with Crippen LogP contribution in [-0.2, 0) is 4.79 Å². The Morgan fingerprint density at radius 2 is 1.66 bits per heavy atom. The molecule has 0 saturated carbocycles. The van der Waals surface area contributed by atoms with Crippen molar-refractivity contribution in [1.29, 1.82) is 0 Å². The summed E-state index contributed by atoms with van der Waals surface area (Å²) in [6.45, 7) is 6.70. The number of likely N-dealkylation sites (tertiary alicyclic amines) is 1. The van der Waals surface area contributed by atoms with Gasteiger partial charge in [-0.2, -0.15) is 0 Å². The highest BCUT2D eigenvalue weighted by atomic mass is 16.5. The SMILES string of the molecule is C[C@@H](C(=O)N1CCN(c2ncccn2)CC1)N1CCC(Oc2ccccn2)CC1. The van der Waals surface area contributed by atoms with E-state index in [1.807, 2.05) is 36.1 Å². The van der Waals surface area contributed by atoms with Crippen molar-refractivity contribution in [3.63, 3.8) is 0 Å². The first kappa shape index (κ1) is 19.6. The van der Waals surface area contributed by atoms with Crippen molar-refractivity contribution in [3.05, 3.63) is 42.9 Å². The summed E-state index contributed by atoms with van der Waals surface area (Å²) in [5, 5.41) is 0. The smallest absolute Gasteiger partial charge is 0.239 e. The van der Waals surface area contributed by atoms with Crippen LogP contribution in [0.25, 0.3) is 0 Å². The molecular formula is C21H28N6O2. The summed E-state index contributed by atoms with van der Waals surface area (Å²) in [6, 6.07) is 7.41. The lowest BCUT2D eigenvalue weighted by Crippen LogP contribution is -2.55. The molecule has 0 bridgehead atoms. The van der Waals surface area contributed by atoms with Gasteiger partial charge < -0.3 is 14.5 Å². The molecule has 1 amide bonds. The van der Waals surface area contributed by atoms with Crippen molar-refractivity contribution in [1.82, 2.24) is 24.8 Å². The molecule has 0 spiro atoms. The van der Waals surface area contributed by atoms with E-state index in [0.29, 0.717) is 19.0 Å². The number of piperazine rings is 1. The zero-order valence-electron chi connectivity index (χ0n) is 16.9. The predicted molar refractivity (Wildman–Crippen MR) is 110 cm³/mol. The van der Waals surface area contributed by atoms with Crippen LogP contribution in [-0.4, -0.2) is 82.1 Å². The van der Waals surface area contributed by atoms with E-state index >= 15 is 0 Å². The normalized spacial score (nSPS) is 19.8. The Balaban J connectivity index is 1.24. The van der Waals surface area contributed by atoms with Gasteiger partial charge in [-0.3, -0.25) is 9.69 Å². The van der Waals surface area contributed by atoms with E-state index in [1.54, 1.807) is 18.6 Å². The van der Waals surface area contributed by atoms with Gasteiger partial charge in [-0.05, 0) is 31.9 Å². The Hall–Kier alpha value is -2.74. The second kappa shape index (κ2) is 9.17. The Morgan fingerprint density at radius 3 is 2.31 bits per heavy atom. The first-order valence-electron chi connectivity index (χ1n) is 10.3. The van der Waals surface area contributed by atoms with Gasteiger partial charge >= 0.3 is 0 Å². The number of ether oxygens (including phenoxy) is 1. The van der Waals surface area contributed by atoms with Crippen LogP contribution in [0.5, 0.6) is 5.88 Å². The van der Waals surface area contributed by atoms with E-state index in [2.05, 4.69) is 24.8 Å². The number of anilines is 1. The maximum Gasteiger partial charge on any atom is 0.239 e. The number of aromatic nitrogens is 3. The van der Waals surface area contributed by atoms with Gasteiger partial charge in [0, 0.05) is 63.9 Å². The lowest BCUT2D eigenvalue weighted by atomic mass is 10.1. The summed E-state index contributed by atoms with van der Waals surface area (Å²) < 4.78 is 5.96. The van der Waals surface area contributed by atoms with Gasteiger partial charge in [-0.25, -0.2) is 15.0 Å². The fraction of sp³-hybridized carbons (Fsp3) is 0.524. The molecule has 2 saturated heterocycles. The van der Waals surface area contributed by atoms with Crippen LogP contribution in [0.3, 0.4) is 0 Å². The molecule has 4 rings (SSSR count). The van der Waals surface area contributed by atoms with Gasteiger partial charge in [0.1, 0.15) is 6.10 Å². The first-order valence-corrected chi connectivity index (χ1v) is 10.3. The molecule has 29 heavy (non-hydrogen) atoms. The molecule has 154 valence electrons. The van der Waals surface area contributed by atoms with Gasteiger partial charge in [0.2, 0.25) is 17.7 Å². The van der Waals surface area contributed by atoms with Crippen LogP contribution < -0.4 is 9.64 Å². The molecule has 2 aliphatic rings. The fourth-order valence-corrected chi connectivity index (χ4v) is 3.97. The molecule has 1 atom stereocenters. The highest BCUT2D eigenvalue weighted by Gasteiger charge is 2.31. The van der Waals surface area contributed by atoms with E-state index in [0.717, 1.165) is 45.0 Å². The summed E-state index contributed by atoms with van der Waals surface area (Å²) in [7, 11) is 0. The number of carbonyl (C=O) groups excluding carboxylic acids is 1. The average Bonchev–Trinajstić information content (AvgIpc) is 2.80. The molecule has 2 aromatic rings. The third kappa shape index (κ3) is 4.82. The topological polar surface area (TPSA) is 74.7 Å². The van der Waals surface area contributed by atoms with Crippen LogP contribution >= 0.6 is 0 Å². The number of piperidine rings is 1. The molecule has 2 aromatic heterocycles. The van der Waals surface area contributed by atoms with E-state index in [1.165, 1.54) is 0 Å². The molecule has 4 heterocycles. The van der Waals surface area contributed by atoms with Gasteiger partial charge in [0.05, 0.1) is 6.04 Å². The van der Waals surface area contributed by atoms with E-state index < -0.39 is 0 Å². The lowest BCUT2D eigenvalue weighted by molar-refractivity contribution is -0.137. The van der Waals surface area contributed by atoms with Gasteiger partial charge in [-0.1, -0.05) is 6.07 Å². The third-order valence-electron chi connectivity index (χ3n) is 5.73. The molecule has 8 heteroatoms. The number of rotatable bonds is 5. The van der Waals surface area contributed by atoms with Crippen LogP contribution in [0.4, 0.5) is 5.95 Å². The zero-order valence-corrected chi connectivity index (χ0v) is 16.9. The maximum absolute atomic E-state index is 13.0. The average molecular weight is 396 g/mol. The minimum atomic E-state index is -0.106. The molecule has 0 aromatic carbocycles.